The number of nitrogens with zero attached hydrogens (tertiary/aromatic N) is 1. The van der Waals surface area contributed by atoms with E-state index in [1.165, 1.54) is 0 Å². The molecule has 0 bridgehead atoms. The van der Waals surface area contributed by atoms with Gasteiger partial charge in [-0.15, -0.1) is 0 Å². The van der Waals surface area contributed by atoms with Gasteiger partial charge < -0.3 is 5.11 Å². The number of halogens is 1. The molecule has 2 aliphatic rings. The summed E-state index contributed by atoms with van der Waals surface area (Å²) in [6.45, 7) is 4.15. The van der Waals surface area contributed by atoms with Crippen LogP contribution in [0.3, 0.4) is 0 Å². The molecule has 4 rings (SSSR count). The summed E-state index contributed by atoms with van der Waals surface area (Å²) >= 11 is 3.44. The molecule has 1 unspecified atom stereocenters. The van der Waals surface area contributed by atoms with E-state index in [-0.39, 0.29) is 35.2 Å². The van der Waals surface area contributed by atoms with Crippen molar-refractivity contribution in [2.75, 3.05) is 4.90 Å². The number of rotatable bonds is 2. The van der Waals surface area contributed by atoms with E-state index in [0.29, 0.717) is 12.8 Å². The van der Waals surface area contributed by atoms with Gasteiger partial charge in [-0.05, 0) is 53.8 Å². The second-order valence-corrected chi connectivity index (χ2v) is 9.27. The molecule has 0 spiro atoms. The monoisotopic (exact) mass is 439 g/mol. The quantitative estimate of drug-likeness (QED) is 0.688. The first-order valence-electron chi connectivity index (χ1n) is 9.39. The van der Waals surface area contributed by atoms with Crippen LogP contribution in [0.1, 0.15) is 44.6 Å². The van der Waals surface area contributed by atoms with Crippen LogP contribution in [0.4, 0.5) is 5.69 Å². The normalized spacial score (nSPS) is 21.7. The second kappa shape index (κ2) is 6.89. The third-order valence-corrected chi connectivity index (χ3v) is 6.05. The fraction of sp³-hybridized carbons (Fsp3) is 0.304. The van der Waals surface area contributed by atoms with E-state index in [2.05, 4.69) is 29.8 Å². The minimum Gasteiger partial charge on any atom is -0.508 e. The van der Waals surface area contributed by atoms with Gasteiger partial charge in [-0.3, -0.25) is 14.5 Å². The summed E-state index contributed by atoms with van der Waals surface area (Å²) in [5.41, 5.74) is 3.05. The molecule has 4 nitrogen and oxygen atoms in total. The lowest BCUT2D eigenvalue weighted by Crippen LogP contribution is -2.43. The summed E-state index contributed by atoms with van der Waals surface area (Å²) in [4.78, 5) is 28.1. The van der Waals surface area contributed by atoms with Crippen molar-refractivity contribution in [2.24, 2.45) is 5.41 Å². The predicted molar refractivity (Wildman–Crippen MR) is 112 cm³/mol. The summed E-state index contributed by atoms with van der Waals surface area (Å²) < 4.78 is 0.942. The van der Waals surface area contributed by atoms with Crippen LogP contribution in [0.2, 0.25) is 0 Å². The molecular formula is C23H22BrNO3. The highest BCUT2D eigenvalue weighted by atomic mass is 79.9. The molecule has 0 aromatic heterocycles. The third-order valence-electron chi connectivity index (χ3n) is 5.52. The molecule has 0 saturated heterocycles. The van der Waals surface area contributed by atoms with Crippen molar-refractivity contribution in [1.82, 2.24) is 0 Å². The number of hydrogen-bond acceptors (Lipinski definition) is 3. The molecule has 1 aliphatic carbocycles. The van der Waals surface area contributed by atoms with Gasteiger partial charge >= 0.3 is 0 Å². The second-order valence-electron chi connectivity index (χ2n) is 8.36. The van der Waals surface area contributed by atoms with Gasteiger partial charge in [0.15, 0.2) is 5.78 Å². The molecule has 1 heterocycles. The van der Waals surface area contributed by atoms with Crippen LogP contribution in [0.5, 0.6) is 5.75 Å². The maximum atomic E-state index is 13.2. The van der Waals surface area contributed by atoms with Gasteiger partial charge in [0.05, 0.1) is 0 Å². The number of phenols is 1. The Hall–Kier alpha value is -2.40. The van der Waals surface area contributed by atoms with E-state index in [4.69, 9.17) is 0 Å². The van der Waals surface area contributed by atoms with E-state index in [1.807, 2.05) is 24.3 Å². The van der Waals surface area contributed by atoms with E-state index in [0.717, 1.165) is 27.0 Å². The van der Waals surface area contributed by atoms with Gasteiger partial charge in [-0.2, -0.15) is 0 Å². The van der Waals surface area contributed by atoms with E-state index >= 15 is 0 Å². The zero-order valence-electron chi connectivity index (χ0n) is 15.9. The first kappa shape index (κ1) is 18.9. The first-order valence-corrected chi connectivity index (χ1v) is 10.2. The number of benzene rings is 2. The molecule has 1 atom stereocenters. The van der Waals surface area contributed by atoms with Gasteiger partial charge in [0.25, 0.3) is 0 Å². The Morgan fingerprint density at radius 3 is 2.29 bits per heavy atom. The molecule has 28 heavy (non-hydrogen) atoms. The molecule has 2 aromatic rings. The summed E-state index contributed by atoms with van der Waals surface area (Å²) in [6, 6.07) is 14.5. The zero-order chi connectivity index (χ0) is 20.1. The minimum atomic E-state index is -0.265. The molecule has 144 valence electrons. The van der Waals surface area contributed by atoms with Gasteiger partial charge in [0, 0.05) is 40.2 Å². The number of phenolic OH excluding ortho intramolecular Hbond substituents is 1. The first-order chi connectivity index (χ1) is 13.2. The van der Waals surface area contributed by atoms with Crippen LogP contribution < -0.4 is 4.90 Å². The Morgan fingerprint density at radius 2 is 1.64 bits per heavy atom. The van der Waals surface area contributed by atoms with Crippen LogP contribution >= 0.6 is 15.9 Å². The topological polar surface area (TPSA) is 57.6 Å². The number of ketones is 1. The van der Waals surface area contributed by atoms with Crippen LogP contribution in [-0.2, 0) is 9.59 Å². The van der Waals surface area contributed by atoms with Gasteiger partial charge in [-0.25, -0.2) is 0 Å². The highest BCUT2D eigenvalue weighted by molar-refractivity contribution is 9.10. The van der Waals surface area contributed by atoms with Crippen molar-refractivity contribution in [3.63, 3.8) is 0 Å². The number of anilines is 1. The highest BCUT2D eigenvalue weighted by Crippen LogP contribution is 2.48. The highest BCUT2D eigenvalue weighted by Gasteiger charge is 2.44. The average molecular weight is 440 g/mol. The fourth-order valence-corrected chi connectivity index (χ4v) is 4.56. The van der Waals surface area contributed by atoms with Crippen molar-refractivity contribution in [2.45, 2.75) is 39.0 Å². The summed E-state index contributed by atoms with van der Waals surface area (Å²) in [7, 11) is 0. The summed E-state index contributed by atoms with van der Waals surface area (Å²) in [5.74, 6) is 0.00895. The van der Waals surface area contributed by atoms with E-state index in [9.17, 15) is 14.7 Å². The van der Waals surface area contributed by atoms with Crippen molar-refractivity contribution in [3.05, 3.63) is 69.8 Å². The molecule has 5 heteroatoms. The Balaban J connectivity index is 1.88. The number of Topliss-reactive ketones (excluding diaryl/α,β-unsaturated/α-hetero) is 1. The van der Waals surface area contributed by atoms with Gasteiger partial charge in [-0.1, -0.05) is 41.9 Å². The number of amides is 1. The maximum absolute atomic E-state index is 13.2. The van der Waals surface area contributed by atoms with Crippen molar-refractivity contribution in [1.29, 1.82) is 0 Å². The molecule has 2 aromatic carbocycles. The standard InChI is InChI=1S/C23H22BrNO3/c1-23(2)12-19-22(20(27)13-23)18(14-3-9-17(26)10-4-14)11-21(28)25(19)16-7-5-15(24)6-8-16/h3-10,18,26H,11-13H2,1-2H3. The van der Waals surface area contributed by atoms with Crippen molar-refractivity contribution in [3.8, 4) is 5.75 Å². The number of carbonyl (C=O) groups is 2. The number of carbonyl (C=O) groups excluding carboxylic acids is 2. The summed E-state index contributed by atoms with van der Waals surface area (Å²) in [6.07, 6.45) is 1.39. The molecule has 0 saturated carbocycles. The van der Waals surface area contributed by atoms with Gasteiger partial charge in [0.1, 0.15) is 5.75 Å². The molecule has 0 fully saturated rings. The Morgan fingerprint density at radius 1 is 1.00 bits per heavy atom. The van der Waals surface area contributed by atoms with E-state index < -0.39 is 0 Å². The molecule has 1 N–H and O–H groups in total. The van der Waals surface area contributed by atoms with Crippen LogP contribution in [-0.4, -0.2) is 16.8 Å². The van der Waals surface area contributed by atoms with Crippen LogP contribution in [0.25, 0.3) is 0 Å². The largest absolute Gasteiger partial charge is 0.508 e. The lowest BCUT2D eigenvalue weighted by Gasteiger charge is -2.43. The molecule has 1 amide bonds. The minimum absolute atomic E-state index is 0.00959. The lowest BCUT2D eigenvalue weighted by molar-refractivity contribution is -0.121. The Bertz CT molecular complexity index is 974. The lowest BCUT2D eigenvalue weighted by atomic mass is 9.69. The zero-order valence-corrected chi connectivity index (χ0v) is 17.5. The van der Waals surface area contributed by atoms with E-state index in [1.54, 1.807) is 29.2 Å². The fourth-order valence-electron chi connectivity index (χ4n) is 4.30. The predicted octanol–water partition coefficient (Wildman–Crippen LogP) is 5.32. The molecular weight excluding hydrogens is 418 g/mol. The van der Waals surface area contributed by atoms with Crippen LogP contribution in [0, 0.1) is 5.41 Å². The number of hydrogen-bond donors (Lipinski definition) is 1. The number of aromatic hydroxyl groups is 1. The van der Waals surface area contributed by atoms with Crippen LogP contribution in [0.15, 0.2) is 64.3 Å². The van der Waals surface area contributed by atoms with Gasteiger partial charge in [0.2, 0.25) is 5.91 Å². The number of allylic oxidation sites excluding steroid dienone is 2. The smallest absolute Gasteiger partial charge is 0.232 e. The SMILES string of the molecule is CC1(C)CC(=O)C2=C(C1)N(c1ccc(Br)cc1)C(=O)CC2c1ccc(O)cc1. The summed E-state index contributed by atoms with van der Waals surface area (Å²) in [5, 5.41) is 9.62. The average Bonchev–Trinajstić information content (AvgIpc) is 2.62. The Labute approximate surface area is 173 Å². The molecule has 0 radical (unpaired) electrons. The third kappa shape index (κ3) is 3.39. The van der Waals surface area contributed by atoms with Crippen molar-refractivity contribution >= 4 is 33.3 Å². The maximum Gasteiger partial charge on any atom is 0.232 e. The molecule has 1 aliphatic heterocycles. The van der Waals surface area contributed by atoms with Crippen molar-refractivity contribution < 1.29 is 14.7 Å². The Kier molecular flexibility index (Phi) is 4.66.